The third-order valence-electron chi connectivity index (χ3n) is 3.13. The molecule has 1 unspecified atom stereocenters. The Bertz CT molecular complexity index is 430. The van der Waals surface area contributed by atoms with Crippen molar-refractivity contribution in [1.29, 1.82) is 0 Å². The van der Waals surface area contributed by atoms with Crippen LogP contribution in [0.15, 0.2) is 18.2 Å². The van der Waals surface area contributed by atoms with Gasteiger partial charge in [-0.2, -0.15) is 11.8 Å². The average Bonchev–Trinajstić information content (AvgIpc) is 2.38. The van der Waals surface area contributed by atoms with Crippen molar-refractivity contribution in [1.82, 2.24) is 0 Å². The summed E-state index contributed by atoms with van der Waals surface area (Å²) in [7, 11) is 0. The fourth-order valence-electron chi connectivity index (χ4n) is 2.05. The second-order valence-electron chi connectivity index (χ2n) is 4.54. The molecule has 1 fully saturated rings. The van der Waals surface area contributed by atoms with Crippen LogP contribution in [-0.2, 0) is 0 Å². The van der Waals surface area contributed by atoms with Crippen molar-refractivity contribution in [2.24, 2.45) is 5.73 Å². The number of benzene rings is 1. The summed E-state index contributed by atoms with van der Waals surface area (Å²) >= 11 is 2.00. The Morgan fingerprint density at radius 2 is 2.28 bits per heavy atom. The van der Waals surface area contributed by atoms with Crippen LogP contribution in [0.5, 0.6) is 0 Å². The molecule has 0 bridgehead atoms. The maximum atomic E-state index is 11.1. The lowest BCUT2D eigenvalue weighted by molar-refractivity contribution is 0.100. The smallest absolute Gasteiger partial charge is 0.248 e. The highest BCUT2D eigenvalue weighted by molar-refractivity contribution is 7.99. The van der Waals surface area contributed by atoms with E-state index in [0.717, 1.165) is 12.2 Å². The van der Waals surface area contributed by atoms with Gasteiger partial charge in [-0.1, -0.05) is 6.42 Å². The molecule has 1 aromatic rings. The molecule has 18 heavy (non-hydrogen) atoms. The van der Waals surface area contributed by atoms with Gasteiger partial charge in [0.2, 0.25) is 5.91 Å². The van der Waals surface area contributed by atoms with E-state index in [1.165, 1.54) is 25.0 Å². The van der Waals surface area contributed by atoms with Crippen LogP contribution in [-0.4, -0.2) is 23.5 Å². The molecule has 1 aliphatic heterocycles. The summed E-state index contributed by atoms with van der Waals surface area (Å²) in [5.41, 5.74) is 13.1. The van der Waals surface area contributed by atoms with E-state index in [0.29, 0.717) is 16.5 Å². The first kappa shape index (κ1) is 13.1. The number of carbonyl (C=O) groups excluding carboxylic acids is 1. The number of nitrogens with one attached hydrogen (secondary N) is 1. The van der Waals surface area contributed by atoms with Crippen molar-refractivity contribution >= 4 is 29.0 Å². The summed E-state index contributed by atoms with van der Waals surface area (Å²) in [4.78, 5) is 11.1. The highest BCUT2D eigenvalue weighted by Crippen LogP contribution is 2.26. The second kappa shape index (κ2) is 6.00. The first-order valence-electron chi connectivity index (χ1n) is 6.21. The average molecular weight is 265 g/mol. The van der Waals surface area contributed by atoms with Crippen LogP contribution in [0.1, 0.15) is 29.6 Å². The number of hydrogen-bond donors (Lipinski definition) is 3. The minimum Gasteiger partial charge on any atom is -0.397 e. The zero-order valence-electron chi connectivity index (χ0n) is 10.3. The highest BCUT2D eigenvalue weighted by atomic mass is 32.2. The molecule has 1 atom stereocenters. The number of carbonyl (C=O) groups is 1. The standard InChI is InChI=1S/C13H19N3OS/c14-11-5-4-9(13(15)17)7-12(11)16-8-10-3-1-2-6-18-10/h4-5,7,10,16H,1-3,6,8,14H2,(H2,15,17). The Balaban J connectivity index is 1.99. The van der Waals surface area contributed by atoms with Crippen molar-refractivity contribution < 1.29 is 4.79 Å². The van der Waals surface area contributed by atoms with Gasteiger partial charge in [-0.3, -0.25) is 4.79 Å². The molecule has 98 valence electrons. The molecule has 0 spiro atoms. The molecule has 5 heteroatoms. The van der Waals surface area contributed by atoms with E-state index in [2.05, 4.69) is 5.32 Å². The van der Waals surface area contributed by atoms with Crippen LogP contribution in [0.3, 0.4) is 0 Å². The first-order chi connectivity index (χ1) is 8.66. The zero-order chi connectivity index (χ0) is 13.0. The van der Waals surface area contributed by atoms with E-state index in [1.54, 1.807) is 18.2 Å². The molecule has 0 radical (unpaired) electrons. The molecular formula is C13H19N3OS. The van der Waals surface area contributed by atoms with Crippen molar-refractivity contribution in [2.75, 3.05) is 23.3 Å². The molecule has 4 nitrogen and oxygen atoms in total. The number of anilines is 2. The van der Waals surface area contributed by atoms with E-state index in [-0.39, 0.29) is 0 Å². The summed E-state index contributed by atoms with van der Waals surface area (Å²) in [5, 5.41) is 3.96. The van der Waals surface area contributed by atoms with Crippen LogP contribution >= 0.6 is 11.8 Å². The van der Waals surface area contributed by atoms with Crippen LogP contribution in [0.25, 0.3) is 0 Å². The number of thioether (sulfide) groups is 1. The van der Waals surface area contributed by atoms with Gasteiger partial charge in [0, 0.05) is 17.4 Å². The number of primary amides is 1. The summed E-state index contributed by atoms with van der Waals surface area (Å²) < 4.78 is 0. The molecule has 5 N–H and O–H groups in total. The monoisotopic (exact) mass is 265 g/mol. The lowest BCUT2D eigenvalue weighted by Gasteiger charge is -2.22. The fourth-order valence-corrected chi connectivity index (χ4v) is 3.29. The van der Waals surface area contributed by atoms with Gasteiger partial charge in [-0.25, -0.2) is 0 Å². The zero-order valence-corrected chi connectivity index (χ0v) is 11.1. The first-order valence-corrected chi connectivity index (χ1v) is 7.26. The van der Waals surface area contributed by atoms with Crippen LogP contribution in [0.4, 0.5) is 11.4 Å². The van der Waals surface area contributed by atoms with Gasteiger partial charge in [-0.05, 0) is 36.8 Å². The summed E-state index contributed by atoms with van der Waals surface area (Å²) in [5.74, 6) is 0.813. The fraction of sp³-hybridized carbons (Fsp3) is 0.462. The molecule has 2 rings (SSSR count). The maximum absolute atomic E-state index is 11.1. The van der Waals surface area contributed by atoms with Gasteiger partial charge in [0.05, 0.1) is 11.4 Å². The largest absolute Gasteiger partial charge is 0.397 e. The number of rotatable bonds is 4. The van der Waals surface area contributed by atoms with E-state index in [4.69, 9.17) is 11.5 Å². The van der Waals surface area contributed by atoms with Gasteiger partial charge in [-0.15, -0.1) is 0 Å². The lowest BCUT2D eigenvalue weighted by Crippen LogP contribution is -2.21. The van der Waals surface area contributed by atoms with E-state index >= 15 is 0 Å². The van der Waals surface area contributed by atoms with Crippen molar-refractivity contribution in [2.45, 2.75) is 24.5 Å². The number of nitrogen functional groups attached to an aromatic ring is 1. The van der Waals surface area contributed by atoms with Gasteiger partial charge >= 0.3 is 0 Å². The molecule has 1 saturated heterocycles. The number of amides is 1. The molecule has 1 amide bonds. The van der Waals surface area contributed by atoms with Gasteiger partial charge in [0.25, 0.3) is 0 Å². The van der Waals surface area contributed by atoms with Gasteiger partial charge in [0.1, 0.15) is 0 Å². The third-order valence-corrected chi connectivity index (χ3v) is 4.53. The van der Waals surface area contributed by atoms with Gasteiger partial charge < -0.3 is 16.8 Å². The van der Waals surface area contributed by atoms with Crippen LogP contribution in [0.2, 0.25) is 0 Å². The molecule has 1 heterocycles. The topological polar surface area (TPSA) is 81.1 Å². The summed E-state index contributed by atoms with van der Waals surface area (Å²) in [6.07, 6.45) is 3.86. The second-order valence-corrected chi connectivity index (χ2v) is 5.94. The SMILES string of the molecule is NC(=O)c1ccc(N)c(NCC2CCCCS2)c1. The summed E-state index contributed by atoms with van der Waals surface area (Å²) in [6, 6.07) is 5.10. The molecule has 1 aliphatic rings. The molecular weight excluding hydrogens is 246 g/mol. The van der Waals surface area contributed by atoms with Crippen molar-refractivity contribution in [3.63, 3.8) is 0 Å². The molecule has 1 aromatic carbocycles. The van der Waals surface area contributed by atoms with E-state index in [9.17, 15) is 4.79 Å². The Labute approximate surface area is 111 Å². The molecule has 0 saturated carbocycles. The maximum Gasteiger partial charge on any atom is 0.248 e. The number of hydrogen-bond acceptors (Lipinski definition) is 4. The van der Waals surface area contributed by atoms with E-state index < -0.39 is 5.91 Å². The Morgan fingerprint density at radius 1 is 1.44 bits per heavy atom. The quantitative estimate of drug-likeness (QED) is 0.728. The normalized spacial score (nSPS) is 19.4. The van der Waals surface area contributed by atoms with Crippen molar-refractivity contribution in [3.8, 4) is 0 Å². The summed E-state index contributed by atoms with van der Waals surface area (Å²) in [6.45, 7) is 0.886. The predicted molar refractivity (Wildman–Crippen MR) is 78.0 cm³/mol. The Hall–Kier alpha value is -1.36. The Morgan fingerprint density at radius 3 is 2.94 bits per heavy atom. The van der Waals surface area contributed by atoms with Crippen LogP contribution in [0, 0.1) is 0 Å². The third kappa shape index (κ3) is 3.32. The molecule has 0 aliphatic carbocycles. The van der Waals surface area contributed by atoms with Crippen molar-refractivity contribution in [3.05, 3.63) is 23.8 Å². The minimum atomic E-state index is -0.426. The predicted octanol–water partition coefficient (Wildman–Crippen LogP) is 2.07. The minimum absolute atomic E-state index is 0.426. The van der Waals surface area contributed by atoms with E-state index in [1.807, 2.05) is 11.8 Å². The highest BCUT2D eigenvalue weighted by Gasteiger charge is 2.14. The van der Waals surface area contributed by atoms with Crippen LogP contribution < -0.4 is 16.8 Å². The Kier molecular flexibility index (Phi) is 4.36. The molecule has 0 aromatic heterocycles. The lowest BCUT2D eigenvalue weighted by atomic mass is 10.1. The number of nitrogens with two attached hydrogens (primary N) is 2. The van der Waals surface area contributed by atoms with Gasteiger partial charge in [0.15, 0.2) is 0 Å².